The molecule has 1 aliphatic rings. The highest BCUT2D eigenvalue weighted by Crippen LogP contribution is 2.21. The molecule has 0 radical (unpaired) electrons. The number of hydrogen-bond donors (Lipinski definition) is 4. The Bertz CT molecular complexity index is 517. The number of benzene rings is 1. The molecule has 0 heterocycles. The van der Waals surface area contributed by atoms with E-state index < -0.39 is 24.0 Å². The summed E-state index contributed by atoms with van der Waals surface area (Å²) in [7, 11) is 0. The summed E-state index contributed by atoms with van der Waals surface area (Å²) >= 11 is 0. The lowest BCUT2D eigenvalue weighted by atomic mass is 10.0. The van der Waals surface area contributed by atoms with Crippen molar-refractivity contribution in [3.05, 3.63) is 35.4 Å². The van der Waals surface area contributed by atoms with Crippen molar-refractivity contribution in [3.8, 4) is 0 Å². The molecule has 1 aromatic carbocycles. The summed E-state index contributed by atoms with van der Waals surface area (Å²) in [5.74, 6) is -1.10. The zero-order chi connectivity index (χ0) is 15.5. The van der Waals surface area contributed by atoms with Crippen molar-refractivity contribution in [1.29, 1.82) is 0 Å². The molecule has 0 aliphatic heterocycles. The molecule has 0 saturated heterocycles. The number of carboxylic acid groups (broad SMARTS) is 1. The lowest BCUT2D eigenvalue weighted by molar-refractivity contribution is -0.141. The second-order valence-electron chi connectivity index (χ2n) is 5.77. The van der Waals surface area contributed by atoms with Crippen LogP contribution in [0.15, 0.2) is 24.3 Å². The van der Waals surface area contributed by atoms with Crippen molar-refractivity contribution in [2.45, 2.75) is 37.8 Å². The average molecular weight is 292 g/mol. The predicted molar refractivity (Wildman–Crippen MR) is 77.0 cm³/mol. The minimum absolute atomic E-state index is 0.0341. The van der Waals surface area contributed by atoms with Crippen LogP contribution < -0.4 is 10.6 Å². The van der Waals surface area contributed by atoms with Crippen molar-refractivity contribution in [2.75, 3.05) is 6.54 Å². The van der Waals surface area contributed by atoms with E-state index in [0.29, 0.717) is 0 Å². The number of carboxylic acids is 1. The van der Waals surface area contributed by atoms with Crippen LogP contribution in [0, 0.1) is 0 Å². The van der Waals surface area contributed by atoms with E-state index in [0.717, 1.165) is 12.8 Å². The van der Waals surface area contributed by atoms with Crippen molar-refractivity contribution in [3.63, 3.8) is 0 Å². The zero-order valence-corrected chi connectivity index (χ0v) is 11.9. The standard InChI is InChI=1S/C15H20N2O4/c1-15(21,8-13(18)19)9-16-14(20)17-12-6-10-4-2-3-5-11(10)7-12/h2-5,12,21H,6-9H2,1H3,(H,18,19)(H2,16,17,20). The predicted octanol–water partition coefficient (Wildman–Crippen LogP) is 0.679. The topological polar surface area (TPSA) is 98.7 Å². The van der Waals surface area contributed by atoms with E-state index in [-0.39, 0.29) is 12.6 Å². The van der Waals surface area contributed by atoms with Gasteiger partial charge in [-0.2, -0.15) is 0 Å². The van der Waals surface area contributed by atoms with Crippen molar-refractivity contribution in [2.24, 2.45) is 0 Å². The number of urea groups is 1. The Balaban J connectivity index is 1.78. The van der Waals surface area contributed by atoms with Crippen LogP contribution in [0.4, 0.5) is 4.79 Å². The summed E-state index contributed by atoms with van der Waals surface area (Å²) in [6.45, 7) is 1.28. The van der Waals surface area contributed by atoms with Gasteiger partial charge in [0.05, 0.1) is 12.0 Å². The Kier molecular flexibility index (Phi) is 4.47. The molecule has 0 fully saturated rings. The summed E-state index contributed by atoms with van der Waals surface area (Å²) in [5.41, 5.74) is 1.02. The van der Waals surface area contributed by atoms with E-state index in [9.17, 15) is 14.7 Å². The smallest absolute Gasteiger partial charge is 0.315 e. The summed E-state index contributed by atoms with van der Waals surface area (Å²) < 4.78 is 0. The van der Waals surface area contributed by atoms with E-state index in [1.54, 1.807) is 0 Å². The number of aliphatic hydroxyl groups is 1. The third-order valence-corrected chi connectivity index (χ3v) is 3.55. The van der Waals surface area contributed by atoms with Gasteiger partial charge in [-0.1, -0.05) is 24.3 Å². The van der Waals surface area contributed by atoms with Gasteiger partial charge in [0.15, 0.2) is 0 Å². The van der Waals surface area contributed by atoms with Gasteiger partial charge >= 0.3 is 12.0 Å². The van der Waals surface area contributed by atoms with E-state index in [2.05, 4.69) is 10.6 Å². The van der Waals surface area contributed by atoms with Gasteiger partial charge in [-0.05, 0) is 30.9 Å². The first-order chi connectivity index (χ1) is 9.85. The van der Waals surface area contributed by atoms with Crippen LogP contribution >= 0.6 is 0 Å². The maximum atomic E-state index is 11.8. The fourth-order valence-electron chi connectivity index (χ4n) is 2.56. The maximum Gasteiger partial charge on any atom is 0.315 e. The average Bonchev–Trinajstić information content (AvgIpc) is 2.77. The van der Waals surface area contributed by atoms with E-state index >= 15 is 0 Å². The molecule has 2 amide bonds. The van der Waals surface area contributed by atoms with Crippen molar-refractivity contribution < 1.29 is 19.8 Å². The molecule has 0 aromatic heterocycles. The molecule has 114 valence electrons. The van der Waals surface area contributed by atoms with Crippen LogP contribution in [-0.4, -0.2) is 40.4 Å². The lowest BCUT2D eigenvalue weighted by Gasteiger charge is -2.22. The van der Waals surface area contributed by atoms with Gasteiger partial charge in [0, 0.05) is 12.6 Å². The Morgan fingerprint density at radius 1 is 1.29 bits per heavy atom. The molecule has 0 bridgehead atoms. The second-order valence-corrected chi connectivity index (χ2v) is 5.77. The molecule has 1 atom stereocenters. The Hall–Kier alpha value is -2.08. The Morgan fingerprint density at radius 3 is 2.38 bits per heavy atom. The van der Waals surface area contributed by atoms with Crippen LogP contribution in [0.1, 0.15) is 24.5 Å². The van der Waals surface area contributed by atoms with Crippen molar-refractivity contribution in [1.82, 2.24) is 10.6 Å². The third kappa shape index (κ3) is 4.46. The summed E-state index contributed by atoms with van der Waals surface area (Å²) in [5, 5.41) is 23.8. The molecule has 2 rings (SSSR count). The summed E-state index contributed by atoms with van der Waals surface area (Å²) in [6, 6.07) is 7.69. The van der Waals surface area contributed by atoms with Gasteiger partial charge in [-0.25, -0.2) is 4.79 Å². The Labute approximate surface area is 123 Å². The van der Waals surface area contributed by atoms with Crippen LogP contribution in [0.5, 0.6) is 0 Å². The molecule has 1 aliphatic carbocycles. The minimum atomic E-state index is -1.46. The maximum absolute atomic E-state index is 11.8. The van der Waals surface area contributed by atoms with Crippen LogP contribution in [0.2, 0.25) is 0 Å². The molecule has 1 unspecified atom stereocenters. The summed E-state index contributed by atoms with van der Waals surface area (Å²) in [4.78, 5) is 22.4. The molecule has 6 heteroatoms. The first kappa shape index (κ1) is 15.3. The number of fused-ring (bicyclic) bond motifs is 1. The fraction of sp³-hybridized carbons (Fsp3) is 0.467. The molecule has 1 aromatic rings. The fourth-order valence-corrected chi connectivity index (χ4v) is 2.56. The molecule has 4 N–H and O–H groups in total. The number of rotatable bonds is 5. The van der Waals surface area contributed by atoms with Crippen LogP contribution in [-0.2, 0) is 17.6 Å². The molecule has 0 spiro atoms. The monoisotopic (exact) mass is 292 g/mol. The number of amides is 2. The largest absolute Gasteiger partial charge is 0.481 e. The first-order valence-electron chi connectivity index (χ1n) is 6.91. The number of carbonyl (C=O) groups excluding carboxylic acids is 1. The molecule has 6 nitrogen and oxygen atoms in total. The number of carbonyl (C=O) groups is 2. The SMILES string of the molecule is CC(O)(CNC(=O)NC1Cc2ccccc2C1)CC(=O)O. The first-order valence-corrected chi connectivity index (χ1v) is 6.91. The van der Waals surface area contributed by atoms with Gasteiger partial charge in [0.25, 0.3) is 0 Å². The van der Waals surface area contributed by atoms with E-state index in [1.807, 2.05) is 24.3 Å². The number of aliphatic carboxylic acids is 1. The van der Waals surface area contributed by atoms with Gasteiger partial charge in [0.2, 0.25) is 0 Å². The van der Waals surface area contributed by atoms with Gasteiger partial charge in [-0.3, -0.25) is 4.79 Å². The van der Waals surface area contributed by atoms with E-state index in [4.69, 9.17) is 5.11 Å². The molecular weight excluding hydrogens is 272 g/mol. The Morgan fingerprint density at radius 2 is 1.86 bits per heavy atom. The molecular formula is C15H20N2O4. The zero-order valence-electron chi connectivity index (χ0n) is 11.9. The normalized spacial score (nSPS) is 16.9. The third-order valence-electron chi connectivity index (χ3n) is 3.55. The highest BCUT2D eigenvalue weighted by molar-refractivity contribution is 5.75. The quantitative estimate of drug-likeness (QED) is 0.641. The number of nitrogens with one attached hydrogen (secondary N) is 2. The highest BCUT2D eigenvalue weighted by Gasteiger charge is 2.26. The van der Waals surface area contributed by atoms with Gasteiger partial charge in [0.1, 0.15) is 0 Å². The van der Waals surface area contributed by atoms with Gasteiger partial charge < -0.3 is 20.8 Å². The minimum Gasteiger partial charge on any atom is -0.481 e. The number of hydrogen-bond acceptors (Lipinski definition) is 3. The van der Waals surface area contributed by atoms with E-state index in [1.165, 1.54) is 18.1 Å². The molecule has 21 heavy (non-hydrogen) atoms. The molecule has 0 saturated carbocycles. The van der Waals surface area contributed by atoms with Crippen LogP contribution in [0.3, 0.4) is 0 Å². The van der Waals surface area contributed by atoms with Crippen LogP contribution in [0.25, 0.3) is 0 Å². The van der Waals surface area contributed by atoms with Gasteiger partial charge in [-0.15, -0.1) is 0 Å². The van der Waals surface area contributed by atoms with Crippen molar-refractivity contribution >= 4 is 12.0 Å². The second kappa shape index (κ2) is 6.13. The highest BCUT2D eigenvalue weighted by atomic mass is 16.4. The lowest BCUT2D eigenvalue weighted by Crippen LogP contribution is -2.48. The summed E-state index contributed by atoms with van der Waals surface area (Å²) in [6.07, 6.45) is 1.16.